The van der Waals surface area contributed by atoms with Crippen LogP contribution in [0.25, 0.3) is 0 Å². The Balaban J connectivity index is 2.41. The van der Waals surface area contributed by atoms with Crippen LogP contribution in [-0.2, 0) is 16.4 Å². The first-order valence-electron chi connectivity index (χ1n) is 6.03. The van der Waals surface area contributed by atoms with Gasteiger partial charge in [-0.1, -0.05) is 6.92 Å². The number of hydrogen-bond acceptors (Lipinski definition) is 5. The summed E-state index contributed by atoms with van der Waals surface area (Å²) in [7, 11) is -3.96. The predicted octanol–water partition coefficient (Wildman–Crippen LogP) is 1.05. The van der Waals surface area contributed by atoms with E-state index in [1.54, 1.807) is 0 Å². The highest BCUT2D eigenvalue weighted by Crippen LogP contribution is 2.22. The number of nitrogens with zero attached hydrogens (tertiary/aromatic N) is 1. The van der Waals surface area contributed by atoms with Crippen LogP contribution in [-0.4, -0.2) is 29.5 Å². The maximum absolute atomic E-state index is 12.2. The minimum Gasteiger partial charge on any atom is -0.478 e. The molecule has 0 unspecified atom stereocenters. The highest BCUT2D eigenvalue weighted by molar-refractivity contribution is 7.92. The number of hydrogen-bond donors (Lipinski definition) is 4. The third-order valence-corrected chi connectivity index (χ3v) is 4.02. The van der Waals surface area contributed by atoms with Crippen LogP contribution in [0.3, 0.4) is 0 Å². The number of aromatic carboxylic acids is 1. The Morgan fingerprint density at radius 1 is 1.48 bits per heavy atom. The van der Waals surface area contributed by atoms with E-state index in [1.807, 2.05) is 6.92 Å². The van der Waals surface area contributed by atoms with E-state index in [0.29, 0.717) is 12.2 Å². The van der Waals surface area contributed by atoms with Crippen molar-refractivity contribution in [2.45, 2.75) is 18.4 Å². The molecule has 1 aromatic carbocycles. The van der Waals surface area contributed by atoms with E-state index in [4.69, 9.17) is 10.8 Å². The van der Waals surface area contributed by atoms with E-state index < -0.39 is 16.0 Å². The Morgan fingerprint density at radius 2 is 2.19 bits per heavy atom. The van der Waals surface area contributed by atoms with Gasteiger partial charge in [0.25, 0.3) is 10.0 Å². The molecular formula is C12H14N4O4S. The van der Waals surface area contributed by atoms with E-state index in [1.165, 1.54) is 24.4 Å². The van der Waals surface area contributed by atoms with Gasteiger partial charge in [0.05, 0.1) is 17.4 Å². The fourth-order valence-electron chi connectivity index (χ4n) is 1.69. The molecule has 0 aliphatic heterocycles. The van der Waals surface area contributed by atoms with E-state index in [-0.39, 0.29) is 22.0 Å². The molecule has 1 aromatic heterocycles. The van der Waals surface area contributed by atoms with Gasteiger partial charge in [0.15, 0.2) is 5.03 Å². The minimum atomic E-state index is -3.96. The molecule has 0 aliphatic carbocycles. The van der Waals surface area contributed by atoms with Crippen molar-refractivity contribution in [3.8, 4) is 0 Å². The van der Waals surface area contributed by atoms with Gasteiger partial charge in [0.1, 0.15) is 5.82 Å². The number of carboxylic acids is 1. The van der Waals surface area contributed by atoms with Crippen LogP contribution in [0.5, 0.6) is 0 Å². The molecule has 0 saturated carbocycles. The molecule has 0 saturated heterocycles. The van der Waals surface area contributed by atoms with Crippen LogP contribution in [0, 0.1) is 0 Å². The topological polar surface area (TPSA) is 138 Å². The number of nitrogen functional groups attached to an aromatic ring is 1. The standard InChI is InChI=1S/C12H14N4O4S/c1-2-10-14-6-11(15-10)21(19,20)16-9-5-7(13)3-4-8(9)12(17)18/h3-6,16H,2,13H2,1H3,(H,14,15)(H,17,18). The summed E-state index contributed by atoms with van der Waals surface area (Å²) in [6.45, 7) is 1.82. The number of sulfonamides is 1. The summed E-state index contributed by atoms with van der Waals surface area (Å²) in [4.78, 5) is 17.7. The highest BCUT2D eigenvalue weighted by Gasteiger charge is 2.20. The highest BCUT2D eigenvalue weighted by atomic mass is 32.2. The van der Waals surface area contributed by atoms with E-state index in [2.05, 4.69) is 14.7 Å². The van der Waals surface area contributed by atoms with Crippen LogP contribution in [0.2, 0.25) is 0 Å². The molecular weight excluding hydrogens is 296 g/mol. The van der Waals surface area contributed by atoms with Gasteiger partial charge in [-0.2, -0.15) is 8.42 Å². The van der Waals surface area contributed by atoms with Gasteiger partial charge in [-0.15, -0.1) is 0 Å². The fourth-order valence-corrected chi connectivity index (χ4v) is 2.70. The van der Waals surface area contributed by atoms with Crippen molar-refractivity contribution in [1.82, 2.24) is 9.97 Å². The van der Waals surface area contributed by atoms with Gasteiger partial charge in [0, 0.05) is 12.1 Å². The zero-order chi connectivity index (χ0) is 15.6. The monoisotopic (exact) mass is 310 g/mol. The zero-order valence-corrected chi connectivity index (χ0v) is 11.9. The van der Waals surface area contributed by atoms with Crippen molar-refractivity contribution >= 4 is 27.4 Å². The molecule has 2 aromatic rings. The molecule has 5 N–H and O–H groups in total. The Labute approximate surface area is 121 Å². The molecule has 0 aliphatic rings. The van der Waals surface area contributed by atoms with Gasteiger partial charge in [-0.05, 0) is 18.2 Å². The average molecular weight is 310 g/mol. The molecule has 0 spiro atoms. The number of rotatable bonds is 5. The maximum atomic E-state index is 12.2. The van der Waals surface area contributed by atoms with Crippen molar-refractivity contribution in [3.05, 3.63) is 35.8 Å². The zero-order valence-electron chi connectivity index (χ0n) is 11.1. The molecule has 0 fully saturated rings. The van der Waals surface area contributed by atoms with E-state index >= 15 is 0 Å². The minimum absolute atomic E-state index is 0.102. The molecule has 0 atom stereocenters. The Kier molecular flexibility index (Phi) is 3.85. The number of carboxylic acid groups (broad SMARTS) is 1. The summed E-state index contributed by atoms with van der Waals surface area (Å²) >= 11 is 0. The number of anilines is 2. The van der Waals surface area contributed by atoms with Crippen molar-refractivity contribution in [3.63, 3.8) is 0 Å². The largest absolute Gasteiger partial charge is 0.478 e. The van der Waals surface area contributed by atoms with E-state index in [9.17, 15) is 13.2 Å². The quantitative estimate of drug-likeness (QED) is 0.609. The lowest BCUT2D eigenvalue weighted by Crippen LogP contribution is -2.16. The number of aromatic amines is 1. The van der Waals surface area contributed by atoms with Crippen LogP contribution in [0.4, 0.5) is 11.4 Å². The number of carbonyl (C=O) groups is 1. The second kappa shape index (κ2) is 5.44. The fraction of sp³-hybridized carbons (Fsp3) is 0.167. The first kappa shape index (κ1) is 14.9. The number of imidazole rings is 1. The van der Waals surface area contributed by atoms with Gasteiger partial charge in [-0.3, -0.25) is 4.72 Å². The Bertz CT molecular complexity index is 782. The van der Waals surface area contributed by atoms with Crippen molar-refractivity contribution < 1.29 is 18.3 Å². The van der Waals surface area contributed by atoms with Crippen LogP contribution in [0.1, 0.15) is 23.1 Å². The van der Waals surface area contributed by atoms with Crippen molar-refractivity contribution in [2.24, 2.45) is 0 Å². The predicted molar refractivity (Wildman–Crippen MR) is 76.6 cm³/mol. The van der Waals surface area contributed by atoms with Crippen LogP contribution >= 0.6 is 0 Å². The molecule has 8 nitrogen and oxygen atoms in total. The average Bonchev–Trinajstić information content (AvgIpc) is 2.87. The molecule has 1 heterocycles. The van der Waals surface area contributed by atoms with Gasteiger partial charge >= 0.3 is 5.97 Å². The first-order chi connectivity index (χ1) is 9.83. The second-order valence-corrected chi connectivity index (χ2v) is 5.91. The van der Waals surface area contributed by atoms with Gasteiger partial charge < -0.3 is 15.8 Å². The third kappa shape index (κ3) is 3.14. The summed E-state index contributed by atoms with van der Waals surface area (Å²) < 4.78 is 26.6. The number of aryl methyl sites for hydroxylation is 1. The van der Waals surface area contributed by atoms with Gasteiger partial charge in [-0.25, -0.2) is 9.78 Å². The molecule has 9 heteroatoms. The Hall–Kier alpha value is -2.55. The van der Waals surface area contributed by atoms with Crippen LogP contribution in [0.15, 0.2) is 29.4 Å². The lowest BCUT2D eigenvalue weighted by atomic mass is 10.1. The molecule has 0 bridgehead atoms. The van der Waals surface area contributed by atoms with Crippen LogP contribution < -0.4 is 10.5 Å². The summed E-state index contributed by atoms with van der Waals surface area (Å²) in [5.41, 5.74) is 5.52. The molecule has 21 heavy (non-hydrogen) atoms. The van der Waals surface area contributed by atoms with Gasteiger partial charge in [0.2, 0.25) is 0 Å². The number of nitrogens with two attached hydrogens (primary N) is 1. The normalized spacial score (nSPS) is 11.3. The number of nitrogens with one attached hydrogen (secondary N) is 2. The lowest BCUT2D eigenvalue weighted by molar-refractivity contribution is 0.0698. The lowest BCUT2D eigenvalue weighted by Gasteiger charge is -2.10. The molecule has 0 amide bonds. The smallest absolute Gasteiger partial charge is 0.337 e. The summed E-state index contributed by atoms with van der Waals surface area (Å²) in [6.07, 6.45) is 1.72. The first-order valence-corrected chi connectivity index (χ1v) is 7.51. The maximum Gasteiger partial charge on any atom is 0.337 e. The SMILES string of the molecule is CCc1ncc(S(=O)(=O)Nc2cc(N)ccc2C(=O)O)[nH]1. The molecule has 2 rings (SSSR count). The number of H-pyrrole nitrogens is 1. The second-order valence-electron chi connectivity index (χ2n) is 4.26. The molecule has 112 valence electrons. The number of benzene rings is 1. The van der Waals surface area contributed by atoms with Crippen molar-refractivity contribution in [2.75, 3.05) is 10.5 Å². The van der Waals surface area contributed by atoms with Crippen molar-refractivity contribution in [1.29, 1.82) is 0 Å². The molecule has 0 radical (unpaired) electrons. The third-order valence-electron chi connectivity index (χ3n) is 2.75. The number of aromatic nitrogens is 2. The van der Waals surface area contributed by atoms with E-state index in [0.717, 1.165) is 0 Å². The summed E-state index contributed by atoms with van der Waals surface area (Å²) in [5, 5.41) is 8.93. The summed E-state index contributed by atoms with van der Waals surface area (Å²) in [5.74, 6) is -0.743. The summed E-state index contributed by atoms with van der Waals surface area (Å²) in [6, 6.07) is 3.87. The Morgan fingerprint density at radius 3 is 2.76 bits per heavy atom.